The van der Waals surface area contributed by atoms with Crippen molar-refractivity contribution >= 4 is 33.6 Å². The molecule has 0 aliphatic carbocycles. The lowest BCUT2D eigenvalue weighted by atomic mass is 10.1. The van der Waals surface area contributed by atoms with Gasteiger partial charge in [-0.15, -0.1) is 0 Å². The van der Waals surface area contributed by atoms with Gasteiger partial charge >= 0.3 is 0 Å². The Labute approximate surface area is 177 Å². The first-order valence-electron chi connectivity index (χ1n) is 10.2. The van der Waals surface area contributed by atoms with E-state index in [9.17, 15) is 14.4 Å². The van der Waals surface area contributed by atoms with E-state index in [-0.39, 0.29) is 18.0 Å². The average Bonchev–Trinajstić information content (AvgIpc) is 3.36. The molecule has 0 radical (unpaired) electrons. The number of nitrogens with zero attached hydrogens (tertiary/aromatic N) is 3. The molecule has 2 aromatic heterocycles. The topological polar surface area (TPSA) is 98.0 Å². The number of aromatic nitrogens is 3. The van der Waals surface area contributed by atoms with Gasteiger partial charge in [-0.3, -0.25) is 29.8 Å². The third-order valence-corrected chi connectivity index (χ3v) is 5.71. The summed E-state index contributed by atoms with van der Waals surface area (Å²) in [7, 11) is 0. The Morgan fingerprint density at radius 1 is 1.10 bits per heavy atom. The van der Waals surface area contributed by atoms with Gasteiger partial charge < -0.3 is 4.57 Å². The van der Waals surface area contributed by atoms with Gasteiger partial charge in [0.15, 0.2) is 0 Å². The summed E-state index contributed by atoms with van der Waals surface area (Å²) >= 11 is 0. The van der Waals surface area contributed by atoms with E-state index in [4.69, 9.17) is 0 Å². The van der Waals surface area contributed by atoms with Crippen molar-refractivity contribution in [3.05, 3.63) is 76.0 Å². The summed E-state index contributed by atoms with van der Waals surface area (Å²) in [4.78, 5) is 42.1. The number of benzene rings is 2. The Morgan fingerprint density at radius 2 is 1.94 bits per heavy atom. The molecule has 2 N–H and O–H groups in total. The van der Waals surface area contributed by atoms with Crippen molar-refractivity contribution in [3.8, 4) is 0 Å². The van der Waals surface area contributed by atoms with Crippen LogP contribution in [0.4, 0.5) is 0 Å². The first kappa shape index (κ1) is 19.0. The number of carbonyl (C=O) groups excluding carboxylic acids is 2. The minimum atomic E-state index is -0.466. The number of para-hydroxylation sites is 1. The lowest BCUT2D eigenvalue weighted by Crippen LogP contribution is -2.43. The molecule has 0 saturated carbocycles. The van der Waals surface area contributed by atoms with Crippen molar-refractivity contribution in [2.75, 3.05) is 0 Å². The predicted octanol–water partition coefficient (Wildman–Crippen LogP) is 2.07. The number of hydrazine groups is 1. The minimum Gasteiger partial charge on any atom is -0.335 e. The summed E-state index contributed by atoms with van der Waals surface area (Å²) in [6, 6.07) is 14.6. The van der Waals surface area contributed by atoms with Crippen LogP contribution in [0.25, 0.3) is 21.8 Å². The third kappa shape index (κ3) is 3.35. The largest absolute Gasteiger partial charge is 0.335 e. The van der Waals surface area contributed by atoms with Crippen LogP contribution in [0.15, 0.2) is 53.3 Å². The molecule has 1 aliphatic heterocycles. The van der Waals surface area contributed by atoms with E-state index < -0.39 is 5.91 Å². The van der Waals surface area contributed by atoms with E-state index >= 15 is 0 Å². The molecule has 0 saturated heterocycles. The molecule has 4 aromatic rings. The maximum atomic E-state index is 12.6. The van der Waals surface area contributed by atoms with Crippen LogP contribution in [-0.4, -0.2) is 25.9 Å². The van der Waals surface area contributed by atoms with Crippen LogP contribution in [-0.2, 0) is 24.3 Å². The zero-order valence-electron chi connectivity index (χ0n) is 17.0. The molecule has 8 nitrogen and oxygen atoms in total. The molecule has 0 bridgehead atoms. The van der Waals surface area contributed by atoms with Gasteiger partial charge in [0.2, 0.25) is 0 Å². The molecule has 2 amide bonds. The second-order valence-corrected chi connectivity index (χ2v) is 7.75. The highest BCUT2D eigenvalue weighted by Gasteiger charge is 2.17. The van der Waals surface area contributed by atoms with Crippen molar-refractivity contribution in [1.29, 1.82) is 0 Å². The van der Waals surface area contributed by atoms with Gasteiger partial charge in [-0.1, -0.05) is 18.2 Å². The number of aryl methyl sites for hydroxylation is 2. The number of hydrogen-bond donors (Lipinski definition) is 2. The molecule has 2 aromatic carbocycles. The zero-order valence-corrected chi connectivity index (χ0v) is 17.0. The van der Waals surface area contributed by atoms with Crippen molar-refractivity contribution < 1.29 is 9.59 Å². The molecule has 0 spiro atoms. The second kappa shape index (κ2) is 7.39. The molecule has 1 aliphatic rings. The molecule has 0 fully saturated rings. The number of hydrogen-bond acceptors (Lipinski definition) is 4. The van der Waals surface area contributed by atoms with Gasteiger partial charge in [0, 0.05) is 29.7 Å². The second-order valence-electron chi connectivity index (χ2n) is 7.75. The summed E-state index contributed by atoms with van der Waals surface area (Å²) < 4.78 is 3.58. The van der Waals surface area contributed by atoms with Gasteiger partial charge in [0.25, 0.3) is 17.4 Å². The Bertz CT molecular complexity index is 1420. The highest BCUT2D eigenvalue weighted by atomic mass is 16.2. The Hall–Kier alpha value is -3.94. The van der Waals surface area contributed by atoms with Crippen LogP contribution in [0.5, 0.6) is 0 Å². The van der Waals surface area contributed by atoms with Gasteiger partial charge in [-0.25, -0.2) is 4.98 Å². The lowest BCUT2D eigenvalue weighted by molar-refractivity contribution is -0.122. The average molecular weight is 415 g/mol. The molecule has 0 atom stereocenters. The van der Waals surface area contributed by atoms with E-state index in [0.717, 1.165) is 35.3 Å². The van der Waals surface area contributed by atoms with E-state index in [1.54, 1.807) is 22.8 Å². The van der Waals surface area contributed by atoms with Crippen LogP contribution in [0, 0.1) is 6.92 Å². The SMILES string of the molecule is Cc1cc2ccccc2n1CC(=O)NNC(=O)c1ccc2c(=O)n3c(nc2c1)CCC3. The first-order chi connectivity index (χ1) is 15.0. The normalized spacial score (nSPS) is 12.8. The lowest BCUT2D eigenvalue weighted by Gasteiger charge is -2.11. The van der Waals surface area contributed by atoms with Gasteiger partial charge in [0.1, 0.15) is 12.4 Å². The molecular weight excluding hydrogens is 394 g/mol. The summed E-state index contributed by atoms with van der Waals surface area (Å²) in [5.41, 5.74) is 7.57. The molecule has 0 unspecified atom stereocenters. The van der Waals surface area contributed by atoms with Crippen LogP contribution >= 0.6 is 0 Å². The molecule has 3 heterocycles. The molecule has 31 heavy (non-hydrogen) atoms. The van der Waals surface area contributed by atoms with E-state index in [1.807, 2.05) is 41.8 Å². The summed E-state index contributed by atoms with van der Waals surface area (Å²) in [5.74, 6) is -0.0582. The quantitative estimate of drug-likeness (QED) is 0.501. The predicted molar refractivity (Wildman–Crippen MR) is 117 cm³/mol. The number of amides is 2. The molecule has 5 rings (SSSR count). The monoisotopic (exact) mass is 415 g/mol. The summed E-state index contributed by atoms with van der Waals surface area (Å²) in [6.45, 7) is 2.70. The van der Waals surface area contributed by atoms with Crippen LogP contribution in [0.3, 0.4) is 0 Å². The van der Waals surface area contributed by atoms with Crippen molar-refractivity contribution in [2.45, 2.75) is 32.9 Å². The van der Waals surface area contributed by atoms with Gasteiger partial charge in [0.05, 0.1) is 10.9 Å². The first-order valence-corrected chi connectivity index (χ1v) is 10.2. The fourth-order valence-corrected chi connectivity index (χ4v) is 4.16. The molecule has 8 heteroatoms. The van der Waals surface area contributed by atoms with Crippen molar-refractivity contribution in [1.82, 2.24) is 25.0 Å². The van der Waals surface area contributed by atoms with Gasteiger partial charge in [-0.05, 0) is 49.1 Å². The maximum Gasteiger partial charge on any atom is 0.269 e. The maximum absolute atomic E-state index is 12.6. The van der Waals surface area contributed by atoms with E-state index in [0.29, 0.717) is 23.0 Å². The molecular formula is C23H21N5O3. The smallest absolute Gasteiger partial charge is 0.269 e. The zero-order chi connectivity index (χ0) is 21.5. The van der Waals surface area contributed by atoms with Crippen molar-refractivity contribution in [3.63, 3.8) is 0 Å². The Morgan fingerprint density at radius 3 is 2.81 bits per heavy atom. The number of fused-ring (bicyclic) bond motifs is 3. The summed E-state index contributed by atoms with van der Waals surface area (Å²) in [5, 5.41) is 1.55. The van der Waals surface area contributed by atoms with E-state index in [2.05, 4.69) is 15.8 Å². The van der Waals surface area contributed by atoms with Crippen LogP contribution < -0.4 is 16.4 Å². The Balaban J connectivity index is 1.30. The molecule has 156 valence electrons. The fraction of sp³-hybridized carbons (Fsp3) is 0.217. The fourth-order valence-electron chi connectivity index (χ4n) is 4.16. The van der Waals surface area contributed by atoms with Crippen LogP contribution in [0.2, 0.25) is 0 Å². The Kier molecular flexibility index (Phi) is 4.54. The van der Waals surface area contributed by atoms with Gasteiger partial charge in [-0.2, -0.15) is 0 Å². The van der Waals surface area contributed by atoms with E-state index in [1.165, 1.54) is 0 Å². The summed E-state index contributed by atoms with van der Waals surface area (Å²) in [6.07, 6.45) is 1.65. The highest BCUT2D eigenvalue weighted by molar-refractivity contribution is 5.98. The van der Waals surface area contributed by atoms with Crippen LogP contribution in [0.1, 0.15) is 28.3 Å². The number of nitrogens with one attached hydrogen (secondary N) is 2. The standard InChI is InChI=1S/C23H21N5O3/c1-14-11-15-5-2-3-6-19(15)28(14)13-21(29)25-26-22(30)16-8-9-17-18(12-16)24-20-7-4-10-27(20)23(17)31/h2-3,5-6,8-9,11-12H,4,7,10,13H2,1H3,(H,25,29)(H,26,30). The minimum absolute atomic E-state index is 0.0768. The highest BCUT2D eigenvalue weighted by Crippen LogP contribution is 2.19. The third-order valence-electron chi connectivity index (χ3n) is 5.71. The van der Waals surface area contributed by atoms with Crippen molar-refractivity contribution in [2.24, 2.45) is 0 Å². The number of carbonyl (C=O) groups is 2. The number of rotatable bonds is 3.